The molecule has 0 bridgehead atoms. The molecule has 0 amide bonds. The Morgan fingerprint density at radius 3 is 0.949 bits per heavy atom. The van der Waals surface area contributed by atoms with Crippen LogP contribution in [0.5, 0.6) is 0 Å². The van der Waals surface area contributed by atoms with Crippen molar-refractivity contribution >= 4 is 60.8 Å². The fourth-order valence-electron chi connectivity index (χ4n) is 7.11. The number of carboxylic acid groups (broad SMARTS) is 2. The van der Waals surface area contributed by atoms with E-state index in [1.807, 2.05) is 36.4 Å². The number of aliphatic hydroxyl groups is 2. The minimum Gasteiger partial charge on any atom is -0.550 e. The number of carboxylic acids is 2. The van der Waals surface area contributed by atoms with Crippen molar-refractivity contribution in [1.82, 2.24) is 0 Å². The molecule has 2 unspecified atom stereocenters. The van der Waals surface area contributed by atoms with Crippen molar-refractivity contribution in [3.63, 3.8) is 0 Å². The molecule has 2 N–H and O–H groups in total. The Bertz CT molecular complexity index is 1080. The van der Waals surface area contributed by atoms with Crippen molar-refractivity contribution in [1.29, 1.82) is 0 Å². The summed E-state index contributed by atoms with van der Waals surface area (Å²) in [6.07, 6.45) is 30.3. The van der Waals surface area contributed by atoms with E-state index >= 15 is 0 Å². The predicted octanol–water partition coefficient (Wildman–Crippen LogP) is 9.95. The fourth-order valence-corrected chi connectivity index (χ4v) is 7.11. The number of carbonyl (C=O) groups is 2. The van der Waals surface area contributed by atoms with E-state index in [0.29, 0.717) is 13.2 Å². The normalized spacial score (nSPS) is 12.0. The number of unbranched alkanes of at least 4 members (excludes halogenated alkanes) is 20. The Morgan fingerprint density at radius 1 is 0.407 bits per heavy atom. The minimum absolute atomic E-state index is 0. The molecule has 8 nitrogen and oxygen atoms in total. The van der Waals surface area contributed by atoms with Crippen LogP contribution in [0.2, 0.25) is 0 Å². The largest absolute Gasteiger partial charge is 2.00 e. The van der Waals surface area contributed by atoms with Crippen LogP contribution in [0, 0.1) is 0 Å². The molecular formula is C50H82BaO8. The van der Waals surface area contributed by atoms with Crippen LogP contribution in [0.15, 0.2) is 60.7 Å². The number of ether oxygens (including phenoxy) is 2. The van der Waals surface area contributed by atoms with Gasteiger partial charge in [-0.1, -0.05) is 189 Å². The first kappa shape index (κ1) is 57.8. The van der Waals surface area contributed by atoms with Gasteiger partial charge in [-0.25, -0.2) is 0 Å². The Balaban J connectivity index is 0.00000112. The molecule has 0 heterocycles. The van der Waals surface area contributed by atoms with Gasteiger partial charge in [0.05, 0.1) is 25.4 Å². The Labute approximate surface area is 400 Å². The number of carbonyl (C=O) groups excluding carboxylic acids is 2. The van der Waals surface area contributed by atoms with Crippen molar-refractivity contribution in [2.75, 3.05) is 13.2 Å². The van der Waals surface area contributed by atoms with Crippen molar-refractivity contribution in [3.05, 3.63) is 71.8 Å². The van der Waals surface area contributed by atoms with Crippen LogP contribution in [0.25, 0.3) is 0 Å². The summed E-state index contributed by atoms with van der Waals surface area (Å²) in [7, 11) is 0. The molecule has 332 valence electrons. The minimum atomic E-state index is -0.938. The monoisotopic (exact) mass is 949 g/mol. The summed E-state index contributed by atoms with van der Waals surface area (Å²) in [6.45, 7) is 3.06. The molecular weight excluding hydrogens is 866 g/mol. The third kappa shape index (κ3) is 43.2. The molecule has 0 saturated carbocycles. The van der Waals surface area contributed by atoms with Crippen LogP contribution in [0.1, 0.15) is 204 Å². The van der Waals surface area contributed by atoms with E-state index in [2.05, 4.69) is 24.3 Å². The van der Waals surface area contributed by atoms with Gasteiger partial charge < -0.3 is 39.5 Å². The van der Waals surface area contributed by atoms with Crippen molar-refractivity contribution < 1.29 is 39.5 Å². The second kappa shape index (κ2) is 44.8. The molecule has 0 spiro atoms. The smallest absolute Gasteiger partial charge is 0.550 e. The zero-order valence-corrected chi connectivity index (χ0v) is 41.5. The Morgan fingerprint density at radius 2 is 0.661 bits per heavy atom. The van der Waals surface area contributed by atoms with E-state index in [9.17, 15) is 30.0 Å². The topological polar surface area (TPSA) is 139 Å². The molecule has 0 aromatic heterocycles. The van der Waals surface area contributed by atoms with Crippen LogP contribution in [-0.4, -0.2) is 96.5 Å². The van der Waals surface area contributed by atoms with Gasteiger partial charge in [0.15, 0.2) is 0 Å². The molecule has 2 aromatic carbocycles. The molecule has 2 atom stereocenters. The summed E-state index contributed by atoms with van der Waals surface area (Å²) in [5, 5.41) is 40.8. The van der Waals surface area contributed by atoms with E-state index in [4.69, 9.17) is 9.47 Å². The van der Waals surface area contributed by atoms with Crippen LogP contribution < -0.4 is 10.2 Å². The molecule has 0 aliphatic rings. The average Bonchev–Trinajstić information content (AvgIpc) is 3.22. The number of aliphatic hydroxyl groups excluding tert-OH is 2. The molecule has 9 heteroatoms. The van der Waals surface area contributed by atoms with E-state index in [-0.39, 0.29) is 73.9 Å². The van der Waals surface area contributed by atoms with E-state index in [0.717, 1.165) is 129 Å². The summed E-state index contributed by atoms with van der Waals surface area (Å²) >= 11 is 0. The van der Waals surface area contributed by atoms with Crippen molar-refractivity contribution in [2.45, 2.75) is 218 Å². The molecule has 0 saturated heterocycles. The van der Waals surface area contributed by atoms with E-state index < -0.39 is 11.9 Å². The van der Waals surface area contributed by atoms with Gasteiger partial charge in [0.25, 0.3) is 0 Å². The van der Waals surface area contributed by atoms with E-state index in [1.54, 1.807) is 0 Å². The molecule has 2 aromatic rings. The van der Waals surface area contributed by atoms with Gasteiger partial charge >= 0.3 is 48.9 Å². The van der Waals surface area contributed by atoms with Gasteiger partial charge in [-0.2, -0.15) is 0 Å². The third-order valence-corrected chi connectivity index (χ3v) is 10.7. The van der Waals surface area contributed by atoms with Gasteiger partial charge in [0.2, 0.25) is 0 Å². The maximum absolute atomic E-state index is 10.3. The van der Waals surface area contributed by atoms with Crippen LogP contribution in [0.3, 0.4) is 0 Å². The SMILES string of the molecule is O=C([O-])CCCCCCCCCC(O)CCCCCCCOCc1ccccc1.O=C([O-])CCCCCCCCCC(O)CCCCCCCOCc1ccccc1.[Ba+2]. The van der Waals surface area contributed by atoms with Crippen molar-refractivity contribution in [3.8, 4) is 0 Å². The number of hydrogen-bond donors (Lipinski definition) is 2. The van der Waals surface area contributed by atoms with Gasteiger partial charge in [0.1, 0.15) is 0 Å². The number of aliphatic carboxylic acids is 2. The first-order valence-electron chi connectivity index (χ1n) is 23.4. The predicted molar refractivity (Wildman–Crippen MR) is 238 cm³/mol. The standard InChI is InChI=1S/2C25H42O4.Ba/c2*26-24(18-12-5-2-1-3-7-14-20-25(27)28)19-13-6-4-8-15-21-29-22-23-16-10-9-11-17-23;/h2*9-11,16-17,24,26H,1-8,12-15,18-22H2,(H,27,28);/q;;+2/p-2. The van der Waals surface area contributed by atoms with Gasteiger partial charge in [0, 0.05) is 25.2 Å². The van der Waals surface area contributed by atoms with Crippen molar-refractivity contribution in [2.24, 2.45) is 0 Å². The fraction of sp³-hybridized carbons (Fsp3) is 0.720. The molecule has 2 rings (SSSR count). The van der Waals surface area contributed by atoms with Crippen LogP contribution in [0.4, 0.5) is 0 Å². The summed E-state index contributed by atoms with van der Waals surface area (Å²) in [4.78, 5) is 20.6. The quantitative estimate of drug-likeness (QED) is 0.0498. The first-order chi connectivity index (χ1) is 28.4. The zero-order chi connectivity index (χ0) is 42.0. The Kier molecular flexibility index (Phi) is 43.9. The first-order valence-corrected chi connectivity index (χ1v) is 23.4. The second-order valence-corrected chi connectivity index (χ2v) is 16.3. The summed E-state index contributed by atoms with van der Waals surface area (Å²) in [5.74, 6) is -1.88. The molecule has 59 heavy (non-hydrogen) atoms. The number of rotatable bonds is 40. The maximum atomic E-state index is 10.3. The molecule has 0 aliphatic heterocycles. The summed E-state index contributed by atoms with van der Waals surface area (Å²) in [5.41, 5.74) is 2.46. The van der Waals surface area contributed by atoms with E-state index in [1.165, 1.54) is 75.3 Å². The summed E-state index contributed by atoms with van der Waals surface area (Å²) < 4.78 is 11.4. The second-order valence-electron chi connectivity index (χ2n) is 16.3. The number of hydrogen-bond acceptors (Lipinski definition) is 8. The van der Waals surface area contributed by atoms with Gasteiger partial charge in [-0.15, -0.1) is 0 Å². The Hall–Kier alpha value is -1.21. The van der Waals surface area contributed by atoms with Crippen LogP contribution in [-0.2, 0) is 32.3 Å². The van der Waals surface area contributed by atoms with Gasteiger partial charge in [-0.05, 0) is 75.3 Å². The molecule has 0 aliphatic carbocycles. The zero-order valence-electron chi connectivity index (χ0n) is 37.0. The maximum Gasteiger partial charge on any atom is 2.00 e. The third-order valence-electron chi connectivity index (χ3n) is 10.7. The van der Waals surface area contributed by atoms with Crippen LogP contribution >= 0.6 is 0 Å². The van der Waals surface area contributed by atoms with Gasteiger partial charge in [-0.3, -0.25) is 0 Å². The average molecular weight is 949 g/mol. The molecule has 0 fully saturated rings. The summed E-state index contributed by atoms with van der Waals surface area (Å²) in [6, 6.07) is 20.6. The number of benzene rings is 2. The molecule has 0 radical (unpaired) electrons.